The van der Waals surface area contributed by atoms with Crippen LogP contribution in [-0.4, -0.2) is 6.29 Å². The first kappa shape index (κ1) is 8.65. The molecule has 0 amide bonds. The van der Waals surface area contributed by atoms with Crippen LogP contribution in [0.15, 0.2) is 24.3 Å². The Morgan fingerprint density at radius 2 is 2.17 bits per heavy atom. The minimum atomic E-state index is -0.247. The summed E-state index contributed by atoms with van der Waals surface area (Å²) in [5.74, 6) is -0.247. The quantitative estimate of drug-likeness (QED) is 0.484. The number of rotatable bonds is 2. The minimum Gasteiger partial charge on any atom is -0.299 e. The fourth-order valence-corrected chi connectivity index (χ4v) is 0.863. The summed E-state index contributed by atoms with van der Waals surface area (Å²) in [6.45, 7) is 1.70. The van der Waals surface area contributed by atoms with Crippen LogP contribution in [0.25, 0.3) is 6.08 Å². The largest absolute Gasteiger partial charge is 0.299 e. The molecule has 0 unspecified atom stereocenters. The van der Waals surface area contributed by atoms with Gasteiger partial charge in [-0.3, -0.25) is 4.79 Å². The van der Waals surface area contributed by atoms with Crippen LogP contribution < -0.4 is 0 Å². The summed E-state index contributed by atoms with van der Waals surface area (Å²) in [6.07, 6.45) is 3.57. The molecule has 62 valence electrons. The lowest BCUT2D eigenvalue weighted by Gasteiger charge is -1.96. The van der Waals surface area contributed by atoms with Crippen molar-refractivity contribution in [3.05, 3.63) is 41.2 Å². The van der Waals surface area contributed by atoms with Crippen LogP contribution in [0.2, 0.25) is 0 Å². The third-order valence-corrected chi connectivity index (χ3v) is 1.56. The molecule has 0 atom stereocenters. The van der Waals surface area contributed by atoms with Gasteiger partial charge >= 0.3 is 0 Å². The lowest BCUT2D eigenvalue weighted by molar-refractivity contribution is -0.104. The van der Waals surface area contributed by atoms with Gasteiger partial charge in [-0.25, -0.2) is 4.39 Å². The van der Waals surface area contributed by atoms with Gasteiger partial charge in [0.25, 0.3) is 0 Å². The highest BCUT2D eigenvalue weighted by atomic mass is 19.1. The highest BCUT2D eigenvalue weighted by Crippen LogP contribution is 2.09. The molecule has 0 aliphatic heterocycles. The zero-order valence-electron chi connectivity index (χ0n) is 6.75. The van der Waals surface area contributed by atoms with Crippen molar-refractivity contribution in [2.24, 2.45) is 0 Å². The summed E-state index contributed by atoms with van der Waals surface area (Å²) >= 11 is 0. The molecule has 0 saturated heterocycles. The lowest BCUT2D eigenvalue weighted by atomic mass is 10.1. The van der Waals surface area contributed by atoms with Crippen molar-refractivity contribution in [2.75, 3.05) is 0 Å². The molecule has 2 heteroatoms. The molecule has 0 radical (unpaired) electrons. The second kappa shape index (κ2) is 3.81. The Bertz CT molecular complexity index is 316. The van der Waals surface area contributed by atoms with Gasteiger partial charge in [-0.1, -0.05) is 18.2 Å². The molecule has 0 N–H and O–H groups in total. The van der Waals surface area contributed by atoms with Crippen molar-refractivity contribution in [2.45, 2.75) is 6.92 Å². The number of allylic oxidation sites excluding steroid dienone is 1. The van der Waals surface area contributed by atoms with E-state index in [1.54, 1.807) is 25.1 Å². The number of aldehydes is 1. The number of hydrogen-bond acceptors (Lipinski definition) is 1. The van der Waals surface area contributed by atoms with Gasteiger partial charge in [0, 0.05) is 0 Å². The molecular weight excluding hydrogens is 155 g/mol. The second-order valence-corrected chi connectivity index (χ2v) is 2.50. The van der Waals surface area contributed by atoms with E-state index in [1.807, 2.05) is 0 Å². The van der Waals surface area contributed by atoms with Gasteiger partial charge in [0.15, 0.2) is 0 Å². The first-order valence-corrected chi connectivity index (χ1v) is 3.62. The van der Waals surface area contributed by atoms with Crippen molar-refractivity contribution in [3.8, 4) is 0 Å². The van der Waals surface area contributed by atoms with Crippen LogP contribution in [0.1, 0.15) is 11.1 Å². The molecule has 0 spiro atoms. The van der Waals surface area contributed by atoms with Crippen LogP contribution in [0.3, 0.4) is 0 Å². The average molecular weight is 164 g/mol. The summed E-state index contributed by atoms with van der Waals surface area (Å²) < 4.78 is 12.9. The van der Waals surface area contributed by atoms with Crippen LogP contribution >= 0.6 is 0 Å². The molecule has 0 aliphatic rings. The van der Waals surface area contributed by atoms with Gasteiger partial charge in [-0.05, 0) is 30.2 Å². The Labute approximate surface area is 70.5 Å². The van der Waals surface area contributed by atoms with Gasteiger partial charge < -0.3 is 0 Å². The van der Waals surface area contributed by atoms with Gasteiger partial charge in [-0.2, -0.15) is 0 Å². The molecule has 0 aromatic heterocycles. The van der Waals surface area contributed by atoms with Crippen LogP contribution in [0.5, 0.6) is 0 Å². The SMILES string of the molecule is Cc1ccc(C=CC=O)cc1F. The first-order valence-electron chi connectivity index (χ1n) is 3.62. The van der Waals surface area contributed by atoms with E-state index in [-0.39, 0.29) is 5.82 Å². The van der Waals surface area contributed by atoms with E-state index in [0.717, 1.165) is 0 Å². The fraction of sp³-hybridized carbons (Fsp3) is 0.100. The second-order valence-electron chi connectivity index (χ2n) is 2.50. The molecule has 12 heavy (non-hydrogen) atoms. The average Bonchev–Trinajstić information content (AvgIpc) is 2.07. The van der Waals surface area contributed by atoms with Crippen LogP contribution in [0.4, 0.5) is 4.39 Å². The monoisotopic (exact) mass is 164 g/mol. The maximum Gasteiger partial charge on any atom is 0.142 e. The molecule has 1 aromatic carbocycles. The lowest BCUT2D eigenvalue weighted by Crippen LogP contribution is -1.82. The number of carbonyl (C=O) groups is 1. The maximum atomic E-state index is 12.9. The number of carbonyl (C=O) groups excluding carboxylic acids is 1. The predicted molar refractivity (Wildman–Crippen MR) is 46.2 cm³/mol. The van der Waals surface area contributed by atoms with E-state index in [0.29, 0.717) is 17.4 Å². The van der Waals surface area contributed by atoms with E-state index in [2.05, 4.69) is 0 Å². The Balaban J connectivity index is 2.96. The number of hydrogen-bond donors (Lipinski definition) is 0. The third kappa shape index (κ3) is 2.02. The summed E-state index contributed by atoms with van der Waals surface area (Å²) in [6, 6.07) is 4.84. The Hall–Kier alpha value is -1.44. The standard InChI is InChI=1S/C10H9FO/c1-8-4-5-9(3-2-6-12)7-10(8)11/h2-7H,1H3. The van der Waals surface area contributed by atoms with Gasteiger partial charge in [-0.15, -0.1) is 0 Å². The predicted octanol–water partition coefficient (Wildman–Crippen LogP) is 2.35. The van der Waals surface area contributed by atoms with Gasteiger partial charge in [0.2, 0.25) is 0 Å². The zero-order chi connectivity index (χ0) is 8.97. The topological polar surface area (TPSA) is 17.1 Å². The van der Waals surface area contributed by atoms with Gasteiger partial charge in [0.1, 0.15) is 12.1 Å². The summed E-state index contributed by atoms with van der Waals surface area (Å²) in [5, 5.41) is 0. The van der Waals surface area contributed by atoms with Crippen molar-refractivity contribution in [1.29, 1.82) is 0 Å². The number of aryl methyl sites for hydroxylation is 1. The maximum absolute atomic E-state index is 12.9. The fourth-order valence-electron chi connectivity index (χ4n) is 0.863. The highest BCUT2D eigenvalue weighted by molar-refractivity contribution is 5.73. The van der Waals surface area contributed by atoms with Crippen LogP contribution in [-0.2, 0) is 4.79 Å². The smallest absolute Gasteiger partial charge is 0.142 e. The Kier molecular flexibility index (Phi) is 2.75. The molecule has 1 aromatic rings. The Morgan fingerprint density at radius 1 is 1.42 bits per heavy atom. The zero-order valence-corrected chi connectivity index (χ0v) is 6.75. The van der Waals surface area contributed by atoms with Crippen molar-refractivity contribution >= 4 is 12.4 Å². The van der Waals surface area contributed by atoms with Crippen molar-refractivity contribution in [3.63, 3.8) is 0 Å². The van der Waals surface area contributed by atoms with E-state index >= 15 is 0 Å². The number of benzene rings is 1. The Morgan fingerprint density at radius 3 is 2.75 bits per heavy atom. The summed E-state index contributed by atoms with van der Waals surface area (Å²) in [7, 11) is 0. The van der Waals surface area contributed by atoms with Crippen LogP contribution in [0, 0.1) is 12.7 Å². The minimum absolute atomic E-state index is 0.247. The molecule has 0 saturated carbocycles. The van der Waals surface area contributed by atoms with Crippen molar-refractivity contribution in [1.82, 2.24) is 0 Å². The van der Waals surface area contributed by atoms with Crippen molar-refractivity contribution < 1.29 is 9.18 Å². The first-order chi connectivity index (χ1) is 5.74. The molecule has 0 heterocycles. The highest BCUT2D eigenvalue weighted by Gasteiger charge is 1.95. The third-order valence-electron chi connectivity index (χ3n) is 1.56. The molecule has 0 aliphatic carbocycles. The summed E-state index contributed by atoms with van der Waals surface area (Å²) in [4.78, 5) is 9.95. The summed E-state index contributed by atoms with van der Waals surface area (Å²) in [5.41, 5.74) is 1.31. The normalized spacial score (nSPS) is 10.5. The molecule has 0 bridgehead atoms. The number of halogens is 1. The van der Waals surface area contributed by atoms with Gasteiger partial charge in [0.05, 0.1) is 0 Å². The molecular formula is C10H9FO. The molecule has 1 nitrogen and oxygen atoms in total. The molecule has 1 rings (SSSR count). The molecule has 0 fully saturated rings. The van der Waals surface area contributed by atoms with E-state index in [1.165, 1.54) is 12.1 Å². The van der Waals surface area contributed by atoms with E-state index < -0.39 is 0 Å². The van der Waals surface area contributed by atoms with E-state index in [4.69, 9.17) is 0 Å². The van der Waals surface area contributed by atoms with E-state index in [9.17, 15) is 9.18 Å².